The molecule has 1 aromatic rings. The van der Waals surface area contributed by atoms with Gasteiger partial charge in [0.15, 0.2) is 0 Å². The lowest BCUT2D eigenvalue weighted by Crippen LogP contribution is -3.14. The monoisotopic (exact) mass is 437 g/mol. The highest BCUT2D eigenvalue weighted by atomic mass is 127. The van der Waals surface area contributed by atoms with Gasteiger partial charge in [0, 0.05) is 23.6 Å². The van der Waals surface area contributed by atoms with Crippen molar-refractivity contribution in [3.63, 3.8) is 0 Å². The molecule has 1 unspecified atom stereocenters. The molecule has 0 saturated carbocycles. The van der Waals surface area contributed by atoms with E-state index in [1.807, 2.05) is 34.4 Å². The molecule has 1 aliphatic rings. The van der Waals surface area contributed by atoms with E-state index in [9.17, 15) is 14.9 Å². The molecule has 1 saturated heterocycles. The molecule has 0 radical (unpaired) electrons. The van der Waals surface area contributed by atoms with E-state index in [4.69, 9.17) is 4.74 Å². The molecule has 0 amide bonds. The van der Waals surface area contributed by atoms with Crippen LogP contribution in [0.2, 0.25) is 0 Å². The van der Waals surface area contributed by atoms with Crippen molar-refractivity contribution in [1.29, 1.82) is 0 Å². The molecule has 6 nitrogen and oxygen atoms in total. The minimum Gasteiger partial charge on any atom is -0.459 e. The van der Waals surface area contributed by atoms with Crippen molar-refractivity contribution in [1.82, 2.24) is 0 Å². The zero-order chi connectivity index (χ0) is 15.9. The Morgan fingerprint density at radius 1 is 1.36 bits per heavy atom. The van der Waals surface area contributed by atoms with Crippen molar-refractivity contribution in [2.45, 2.75) is 3.92 Å². The van der Waals surface area contributed by atoms with E-state index in [1.165, 1.54) is 28.5 Å². The number of alkyl halides is 1. The summed E-state index contributed by atoms with van der Waals surface area (Å²) in [5, 5.41) is 10.6. The molecule has 1 aliphatic heterocycles. The third kappa shape index (κ3) is 5.10. The zero-order valence-corrected chi connectivity index (χ0v) is 15.0. The molecule has 8 heteroatoms. The molecule has 1 N–H and O–H groups in total. The average molecular weight is 437 g/mol. The lowest BCUT2D eigenvalue weighted by Gasteiger charge is -2.23. The topological polar surface area (TPSA) is 73.9 Å². The number of nitro benzene ring substituents is 1. The first-order valence-electron chi connectivity index (χ1n) is 7.04. The highest BCUT2D eigenvalue weighted by Crippen LogP contribution is 2.26. The number of nitrogens with one attached hydrogen (secondary N) is 1. The molecule has 1 heterocycles. The highest BCUT2D eigenvalue weighted by Gasteiger charge is 2.21. The van der Waals surface area contributed by atoms with E-state index in [-0.39, 0.29) is 11.7 Å². The summed E-state index contributed by atoms with van der Waals surface area (Å²) in [6.07, 6.45) is 0. The normalized spacial score (nSPS) is 17.0. The highest BCUT2D eigenvalue weighted by molar-refractivity contribution is 14.1. The van der Waals surface area contributed by atoms with Gasteiger partial charge < -0.3 is 9.64 Å². The Labute approximate surface area is 146 Å². The van der Waals surface area contributed by atoms with Crippen molar-refractivity contribution in [2.75, 3.05) is 37.7 Å². The van der Waals surface area contributed by atoms with Crippen molar-refractivity contribution >= 4 is 46.0 Å². The van der Waals surface area contributed by atoms with Crippen LogP contribution in [0.5, 0.6) is 0 Å². The van der Waals surface area contributed by atoms with E-state index < -0.39 is 8.85 Å². The SMILES string of the molecule is O=C(OCC[NH+]1CCSCC1)C(I)c1ccc([N+](=O)[O-])cc1. The fraction of sp³-hybridized carbons (Fsp3) is 0.500. The van der Waals surface area contributed by atoms with Crippen LogP contribution in [-0.2, 0) is 9.53 Å². The number of nitro groups is 1. The summed E-state index contributed by atoms with van der Waals surface area (Å²) in [6.45, 7) is 3.51. The molecule has 1 aromatic carbocycles. The molecular formula is C14H18IN2O4S+. The Morgan fingerprint density at radius 2 is 2.00 bits per heavy atom. The minimum atomic E-state index is -0.454. The van der Waals surface area contributed by atoms with Crippen LogP contribution in [0.1, 0.15) is 9.49 Å². The van der Waals surface area contributed by atoms with Gasteiger partial charge in [0.1, 0.15) is 17.1 Å². The first kappa shape index (κ1) is 17.5. The fourth-order valence-electron chi connectivity index (χ4n) is 2.18. The summed E-state index contributed by atoms with van der Waals surface area (Å²) in [6, 6.07) is 6.01. The van der Waals surface area contributed by atoms with E-state index in [0.29, 0.717) is 6.61 Å². The largest absolute Gasteiger partial charge is 0.459 e. The summed E-state index contributed by atoms with van der Waals surface area (Å²) in [4.78, 5) is 23.7. The molecule has 0 aromatic heterocycles. The lowest BCUT2D eigenvalue weighted by molar-refractivity contribution is -0.896. The van der Waals surface area contributed by atoms with Crippen molar-refractivity contribution in [2.24, 2.45) is 0 Å². The summed E-state index contributed by atoms with van der Waals surface area (Å²) < 4.78 is 4.89. The fourth-order valence-corrected chi connectivity index (χ4v) is 3.85. The maximum atomic E-state index is 12.0. The molecular weight excluding hydrogens is 419 g/mol. The van der Waals surface area contributed by atoms with Gasteiger partial charge in [-0.3, -0.25) is 14.9 Å². The van der Waals surface area contributed by atoms with Crippen LogP contribution in [0.3, 0.4) is 0 Å². The lowest BCUT2D eigenvalue weighted by atomic mass is 10.1. The number of hydrogen-bond donors (Lipinski definition) is 1. The number of ether oxygens (including phenoxy) is 1. The number of thioether (sulfide) groups is 1. The van der Waals surface area contributed by atoms with Crippen LogP contribution in [0.4, 0.5) is 5.69 Å². The second kappa shape index (κ2) is 8.68. The van der Waals surface area contributed by atoms with Gasteiger partial charge in [-0.1, -0.05) is 34.7 Å². The number of nitrogens with zero attached hydrogens (tertiary/aromatic N) is 1. The Hall–Kier alpha value is -0.870. The maximum absolute atomic E-state index is 12.0. The van der Waals surface area contributed by atoms with Gasteiger partial charge in [-0.25, -0.2) is 0 Å². The van der Waals surface area contributed by atoms with Crippen LogP contribution >= 0.6 is 34.4 Å². The van der Waals surface area contributed by atoms with Gasteiger partial charge in [-0.05, 0) is 5.56 Å². The third-order valence-electron chi connectivity index (χ3n) is 3.50. The number of hydrogen-bond acceptors (Lipinski definition) is 5. The molecule has 0 spiro atoms. The minimum absolute atomic E-state index is 0.0206. The molecule has 1 fully saturated rings. The Morgan fingerprint density at radius 3 is 2.59 bits per heavy atom. The molecule has 1 atom stereocenters. The van der Waals surface area contributed by atoms with Gasteiger partial charge in [0.05, 0.1) is 18.0 Å². The third-order valence-corrected chi connectivity index (χ3v) is 5.72. The predicted octanol–water partition coefficient (Wildman–Crippen LogP) is 1.25. The zero-order valence-electron chi connectivity index (χ0n) is 12.0. The number of esters is 1. The summed E-state index contributed by atoms with van der Waals surface area (Å²) in [5.41, 5.74) is 0.741. The average Bonchev–Trinajstić information content (AvgIpc) is 2.55. The van der Waals surface area contributed by atoms with Gasteiger partial charge in [-0.15, -0.1) is 0 Å². The van der Waals surface area contributed by atoms with Gasteiger partial charge in [-0.2, -0.15) is 11.8 Å². The van der Waals surface area contributed by atoms with Crippen LogP contribution < -0.4 is 4.90 Å². The number of carbonyl (C=O) groups excluding carboxylic acids is 1. The Balaban J connectivity index is 1.79. The Bertz CT molecular complexity index is 520. The molecule has 120 valence electrons. The Kier molecular flexibility index (Phi) is 6.90. The van der Waals surface area contributed by atoms with Crippen LogP contribution in [0, 0.1) is 10.1 Å². The first-order chi connectivity index (χ1) is 10.6. The number of benzene rings is 1. The quantitative estimate of drug-likeness (QED) is 0.239. The van der Waals surface area contributed by atoms with E-state index >= 15 is 0 Å². The summed E-state index contributed by atoms with van der Waals surface area (Å²) in [7, 11) is 0. The van der Waals surface area contributed by atoms with Crippen LogP contribution in [-0.4, -0.2) is 48.6 Å². The van der Waals surface area contributed by atoms with Crippen molar-refractivity contribution in [3.8, 4) is 0 Å². The molecule has 22 heavy (non-hydrogen) atoms. The van der Waals surface area contributed by atoms with Gasteiger partial charge in [0.2, 0.25) is 0 Å². The number of quaternary nitrogens is 1. The van der Waals surface area contributed by atoms with Crippen LogP contribution in [0.15, 0.2) is 24.3 Å². The van der Waals surface area contributed by atoms with Crippen molar-refractivity contribution in [3.05, 3.63) is 39.9 Å². The van der Waals surface area contributed by atoms with E-state index in [0.717, 1.165) is 25.2 Å². The smallest absolute Gasteiger partial charge is 0.323 e. The van der Waals surface area contributed by atoms with E-state index in [1.54, 1.807) is 12.1 Å². The number of rotatable bonds is 6. The molecule has 0 aliphatic carbocycles. The second-order valence-corrected chi connectivity index (χ2v) is 7.46. The standard InChI is InChI=1S/C14H17IN2O4S/c15-13(11-1-3-12(4-2-11)17(19)20)14(18)21-8-5-16-6-9-22-10-7-16/h1-4,13H,5-10H2/p+1. The predicted molar refractivity (Wildman–Crippen MR) is 93.7 cm³/mol. The number of non-ortho nitro benzene ring substituents is 1. The first-order valence-corrected chi connectivity index (χ1v) is 9.44. The maximum Gasteiger partial charge on any atom is 0.323 e. The molecule has 2 rings (SSSR count). The van der Waals surface area contributed by atoms with Gasteiger partial charge in [0.25, 0.3) is 5.69 Å². The van der Waals surface area contributed by atoms with Gasteiger partial charge >= 0.3 is 5.97 Å². The van der Waals surface area contributed by atoms with Crippen molar-refractivity contribution < 1.29 is 19.4 Å². The number of halogens is 1. The molecule has 0 bridgehead atoms. The van der Waals surface area contributed by atoms with Crippen LogP contribution in [0.25, 0.3) is 0 Å². The number of carbonyl (C=O) groups is 1. The summed E-state index contributed by atoms with van der Waals surface area (Å²) >= 11 is 3.97. The second-order valence-electron chi connectivity index (χ2n) is 4.99. The summed E-state index contributed by atoms with van der Waals surface area (Å²) in [5.74, 6) is 2.04. The van der Waals surface area contributed by atoms with E-state index in [2.05, 4.69) is 0 Å².